The average molecular weight is 282 g/mol. The van der Waals surface area contributed by atoms with E-state index in [0.717, 1.165) is 19.0 Å². The fourth-order valence-electron chi connectivity index (χ4n) is 2.77. The molecule has 112 valence electrons. The summed E-state index contributed by atoms with van der Waals surface area (Å²) in [7, 11) is 0. The minimum atomic E-state index is -0.551. The second-order valence-corrected chi connectivity index (χ2v) is 5.51. The van der Waals surface area contributed by atoms with Gasteiger partial charge in [0.05, 0.1) is 17.6 Å². The Kier molecular flexibility index (Phi) is 5.08. The van der Waals surface area contributed by atoms with Gasteiger partial charge in [-0.1, -0.05) is 13.3 Å². The number of β-amino-alcohol motifs (C(OH)–C–C–N with tert-alkyl or cyclic N) is 1. The Morgan fingerprint density at radius 2 is 2.40 bits per heavy atom. The first kappa shape index (κ1) is 14.9. The molecule has 7 nitrogen and oxygen atoms in total. The van der Waals surface area contributed by atoms with Crippen molar-refractivity contribution < 1.29 is 10.0 Å². The molecule has 0 bridgehead atoms. The van der Waals surface area contributed by atoms with Crippen molar-refractivity contribution in [3.8, 4) is 0 Å². The van der Waals surface area contributed by atoms with E-state index in [1.165, 1.54) is 36.3 Å². The van der Waals surface area contributed by atoms with E-state index in [2.05, 4.69) is 16.9 Å². The Labute approximate surface area is 118 Å². The van der Waals surface area contributed by atoms with Crippen LogP contribution in [0.4, 0.5) is 5.69 Å². The van der Waals surface area contributed by atoms with Crippen molar-refractivity contribution in [2.45, 2.75) is 38.8 Å². The maximum absolute atomic E-state index is 10.6. The van der Waals surface area contributed by atoms with E-state index in [1.807, 2.05) is 0 Å². The van der Waals surface area contributed by atoms with Crippen molar-refractivity contribution in [1.29, 1.82) is 0 Å². The number of likely N-dealkylation sites (tertiary alicyclic amines) is 1. The third kappa shape index (κ3) is 4.01. The van der Waals surface area contributed by atoms with Gasteiger partial charge in [-0.3, -0.25) is 14.8 Å². The van der Waals surface area contributed by atoms with E-state index in [4.69, 9.17) is 0 Å². The molecule has 7 heteroatoms. The summed E-state index contributed by atoms with van der Waals surface area (Å²) in [5.74, 6) is 0.724. The average Bonchev–Trinajstić information content (AvgIpc) is 2.87. The van der Waals surface area contributed by atoms with E-state index >= 15 is 0 Å². The lowest BCUT2D eigenvalue weighted by atomic mass is 9.95. The van der Waals surface area contributed by atoms with Crippen molar-refractivity contribution >= 4 is 5.69 Å². The Morgan fingerprint density at radius 3 is 3.05 bits per heavy atom. The van der Waals surface area contributed by atoms with Crippen LogP contribution >= 0.6 is 0 Å². The third-order valence-electron chi connectivity index (χ3n) is 3.88. The van der Waals surface area contributed by atoms with E-state index in [0.29, 0.717) is 13.1 Å². The Morgan fingerprint density at radius 1 is 1.60 bits per heavy atom. The van der Waals surface area contributed by atoms with Gasteiger partial charge in [0.15, 0.2) is 0 Å². The van der Waals surface area contributed by atoms with Crippen LogP contribution in [0, 0.1) is 16.0 Å². The second-order valence-electron chi connectivity index (χ2n) is 5.51. The highest BCUT2D eigenvalue weighted by Gasteiger charge is 2.21. The predicted octanol–water partition coefficient (Wildman–Crippen LogP) is 1.27. The minimum Gasteiger partial charge on any atom is -0.390 e. The summed E-state index contributed by atoms with van der Waals surface area (Å²) in [5.41, 5.74) is -0.0405. The molecule has 20 heavy (non-hydrogen) atoms. The predicted molar refractivity (Wildman–Crippen MR) is 74.3 cm³/mol. The molecular weight excluding hydrogens is 260 g/mol. The summed E-state index contributed by atoms with van der Waals surface area (Å²) in [5, 5.41) is 24.6. The number of nitrogens with zero attached hydrogens (tertiary/aromatic N) is 4. The summed E-state index contributed by atoms with van der Waals surface area (Å²) in [6, 6.07) is 0. The standard InChI is InChI=1S/C13H22N4O3/c1-2-11-4-3-5-15(7-11)9-13(18)10-16-8-12(6-14-16)17(19)20/h6,8,11,13,18H,2-5,7,9-10H2,1H3. The highest BCUT2D eigenvalue weighted by Crippen LogP contribution is 2.19. The molecule has 1 aromatic rings. The van der Waals surface area contributed by atoms with Crippen molar-refractivity contribution in [3.05, 3.63) is 22.5 Å². The number of aliphatic hydroxyl groups is 1. The summed E-state index contributed by atoms with van der Waals surface area (Å²) in [6.45, 7) is 5.15. The van der Waals surface area contributed by atoms with Gasteiger partial charge in [-0.25, -0.2) is 0 Å². The molecule has 1 N–H and O–H groups in total. The Hall–Kier alpha value is -1.47. The zero-order valence-corrected chi connectivity index (χ0v) is 11.8. The largest absolute Gasteiger partial charge is 0.390 e. The fourth-order valence-corrected chi connectivity index (χ4v) is 2.77. The van der Waals surface area contributed by atoms with E-state index in [-0.39, 0.29) is 5.69 Å². The zero-order chi connectivity index (χ0) is 14.5. The molecule has 0 aromatic carbocycles. The van der Waals surface area contributed by atoms with Gasteiger partial charge in [0.1, 0.15) is 12.4 Å². The first-order valence-electron chi connectivity index (χ1n) is 7.15. The summed E-state index contributed by atoms with van der Waals surface area (Å²) >= 11 is 0. The third-order valence-corrected chi connectivity index (χ3v) is 3.88. The van der Waals surface area contributed by atoms with Crippen LogP contribution in [0.5, 0.6) is 0 Å². The van der Waals surface area contributed by atoms with E-state index in [9.17, 15) is 15.2 Å². The van der Waals surface area contributed by atoms with Crippen LogP contribution in [0.3, 0.4) is 0 Å². The first-order valence-corrected chi connectivity index (χ1v) is 7.15. The van der Waals surface area contributed by atoms with Gasteiger partial charge in [-0.05, 0) is 25.3 Å². The molecule has 0 spiro atoms. The molecule has 1 aromatic heterocycles. The first-order chi connectivity index (χ1) is 9.58. The Bertz CT molecular complexity index is 449. The number of rotatable bonds is 6. The second kappa shape index (κ2) is 6.81. The maximum Gasteiger partial charge on any atom is 0.306 e. The van der Waals surface area contributed by atoms with Gasteiger partial charge in [-0.2, -0.15) is 5.10 Å². The van der Waals surface area contributed by atoms with Crippen molar-refractivity contribution in [2.75, 3.05) is 19.6 Å². The van der Waals surface area contributed by atoms with Crippen LogP contribution in [-0.2, 0) is 6.54 Å². The van der Waals surface area contributed by atoms with Gasteiger partial charge < -0.3 is 10.0 Å². The highest BCUT2D eigenvalue weighted by molar-refractivity contribution is 5.20. The molecule has 1 saturated heterocycles. The van der Waals surface area contributed by atoms with Crippen molar-refractivity contribution in [3.63, 3.8) is 0 Å². The molecule has 1 aliphatic rings. The Balaban J connectivity index is 1.82. The van der Waals surface area contributed by atoms with Crippen LogP contribution in [0.25, 0.3) is 0 Å². The molecule has 1 fully saturated rings. The normalized spacial score (nSPS) is 21.8. The minimum absolute atomic E-state index is 0.0405. The SMILES string of the molecule is CCC1CCCN(CC(O)Cn2cc([N+](=O)[O-])cn2)C1. The smallest absolute Gasteiger partial charge is 0.306 e. The zero-order valence-electron chi connectivity index (χ0n) is 11.8. The number of hydrogen-bond donors (Lipinski definition) is 1. The summed E-state index contributed by atoms with van der Waals surface area (Å²) < 4.78 is 1.43. The van der Waals surface area contributed by atoms with Gasteiger partial charge in [0, 0.05) is 13.1 Å². The number of nitro groups is 1. The molecule has 0 aliphatic carbocycles. The number of piperidine rings is 1. The van der Waals surface area contributed by atoms with Gasteiger partial charge in [0.25, 0.3) is 0 Å². The lowest BCUT2D eigenvalue weighted by molar-refractivity contribution is -0.385. The fraction of sp³-hybridized carbons (Fsp3) is 0.769. The van der Waals surface area contributed by atoms with E-state index < -0.39 is 11.0 Å². The molecule has 1 aliphatic heterocycles. The molecule has 0 radical (unpaired) electrons. The summed E-state index contributed by atoms with van der Waals surface area (Å²) in [6.07, 6.45) is 5.64. The molecule has 2 unspecified atom stereocenters. The van der Waals surface area contributed by atoms with Crippen LogP contribution in [-0.4, -0.2) is 50.4 Å². The van der Waals surface area contributed by atoms with Gasteiger partial charge in [0.2, 0.25) is 0 Å². The van der Waals surface area contributed by atoms with Crippen LogP contribution in [0.15, 0.2) is 12.4 Å². The van der Waals surface area contributed by atoms with Crippen LogP contribution < -0.4 is 0 Å². The number of hydrogen-bond acceptors (Lipinski definition) is 5. The van der Waals surface area contributed by atoms with Crippen molar-refractivity contribution in [2.24, 2.45) is 5.92 Å². The van der Waals surface area contributed by atoms with E-state index in [1.54, 1.807) is 0 Å². The molecule has 0 amide bonds. The van der Waals surface area contributed by atoms with Crippen molar-refractivity contribution in [1.82, 2.24) is 14.7 Å². The quantitative estimate of drug-likeness (QED) is 0.627. The van der Waals surface area contributed by atoms with Crippen LogP contribution in [0.2, 0.25) is 0 Å². The molecule has 2 atom stereocenters. The lowest BCUT2D eigenvalue weighted by Crippen LogP contribution is -2.41. The molecule has 2 heterocycles. The summed E-state index contributed by atoms with van der Waals surface area (Å²) in [4.78, 5) is 12.4. The monoisotopic (exact) mass is 282 g/mol. The van der Waals surface area contributed by atoms with Gasteiger partial charge >= 0.3 is 5.69 Å². The molecule has 0 saturated carbocycles. The highest BCUT2D eigenvalue weighted by atomic mass is 16.6. The maximum atomic E-state index is 10.6. The molecular formula is C13H22N4O3. The number of aromatic nitrogens is 2. The lowest BCUT2D eigenvalue weighted by Gasteiger charge is -2.33. The topological polar surface area (TPSA) is 84.4 Å². The van der Waals surface area contributed by atoms with Gasteiger partial charge in [-0.15, -0.1) is 0 Å². The van der Waals surface area contributed by atoms with Crippen LogP contribution in [0.1, 0.15) is 26.2 Å². The molecule has 2 rings (SSSR count). The number of aliphatic hydroxyl groups excluding tert-OH is 1.